The van der Waals surface area contributed by atoms with Crippen LogP contribution in [0.2, 0.25) is 0 Å². The highest BCUT2D eigenvalue weighted by molar-refractivity contribution is 6.00. The molecule has 0 amide bonds. The van der Waals surface area contributed by atoms with Gasteiger partial charge in [-0.2, -0.15) is 0 Å². The number of nitrogens with zero attached hydrogens (tertiary/aromatic N) is 2. The van der Waals surface area contributed by atoms with E-state index in [1.807, 2.05) is 0 Å². The Labute approximate surface area is 74.8 Å². The maximum atomic E-state index is 13.2. The second-order valence-electron chi connectivity index (χ2n) is 2.63. The summed E-state index contributed by atoms with van der Waals surface area (Å²) in [6.07, 6.45) is 1.54. The highest BCUT2D eigenvalue weighted by Crippen LogP contribution is 2.18. The first-order chi connectivity index (χ1) is 6.27. The van der Waals surface area contributed by atoms with Gasteiger partial charge in [0, 0.05) is 11.6 Å². The fourth-order valence-corrected chi connectivity index (χ4v) is 1.11. The number of halogens is 1. The minimum Gasteiger partial charge on any atom is -0.382 e. The number of amidine groups is 1. The lowest BCUT2D eigenvalue weighted by Gasteiger charge is -1.99. The summed E-state index contributed by atoms with van der Waals surface area (Å²) in [5.41, 5.74) is 9.99. The zero-order chi connectivity index (χ0) is 9.26. The van der Waals surface area contributed by atoms with Crippen molar-refractivity contribution in [1.29, 1.82) is 0 Å². The van der Waals surface area contributed by atoms with Gasteiger partial charge in [-0.25, -0.2) is 4.39 Å². The summed E-state index contributed by atoms with van der Waals surface area (Å²) in [7, 11) is 0. The second kappa shape index (κ2) is 2.90. The molecular formula is C9H7FN3. The van der Waals surface area contributed by atoms with Crippen molar-refractivity contribution in [2.24, 2.45) is 10.8 Å². The zero-order valence-corrected chi connectivity index (χ0v) is 6.74. The van der Waals surface area contributed by atoms with Crippen molar-refractivity contribution in [3.8, 4) is 0 Å². The molecule has 0 bridgehead atoms. The van der Waals surface area contributed by atoms with E-state index in [1.165, 1.54) is 6.07 Å². The van der Waals surface area contributed by atoms with Crippen LogP contribution in [0.5, 0.6) is 0 Å². The molecule has 0 spiro atoms. The van der Waals surface area contributed by atoms with Crippen molar-refractivity contribution in [3.63, 3.8) is 0 Å². The predicted molar refractivity (Wildman–Crippen MR) is 48.1 cm³/mol. The van der Waals surface area contributed by atoms with Crippen LogP contribution in [0.3, 0.4) is 0 Å². The highest BCUT2D eigenvalue weighted by atomic mass is 19.1. The van der Waals surface area contributed by atoms with E-state index < -0.39 is 0 Å². The third kappa shape index (κ3) is 1.38. The minimum atomic E-state index is -0.317. The fourth-order valence-electron chi connectivity index (χ4n) is 1.11. The molecule has 2 N–H and O–H groups in total. The summed E-state index contributed by atoms with van der Waals surface area (Å²) >= 11 is 0. The van der Waals surface area contributed by atoms with Gasteiger partial charge in [0.2, 0.25) is 0 Å². The third-order valence-corrected chi connectivity index (χ3v) is 1.71. The molecule has 4 heteroatoms. The van der Waals surface area contributed by atoms with Gasteiger partial charge < -0.3 is 5.73 Å². The van der Waals surface area contributed by atoms with Crippen molar-refractivity contribution in [2.75, 3.05) is 0 Å². The molecule has 0 aromatic heterocycles. The Balaban J connectivity index is 2.38. The van der Waals surface area contributed by atoms with Gasteiger partial charge in [-0.1, -0.05) is 12.1 Å². The summed E-state index contributed by atoms with van der Waals surface area (Å²) < 4.78 is 13.2. The number of nitrogens with two attached hydrogens (primary N) is 1. The van der Waals surface area contributed by atoms with E-state index in [0.717, 1.165) is 0 Å². The fraction of sp³-hybridized carbons (Fsp3) is 0. The van der Waals surface area contributed by atoms with Gasteiger partial charge in [0.15, 0.2) is 0 Å². The van der Waals surface area contributed by atoms with Crippen LogP contribution in [0.15, 0.2) is 35.4 Å². The van der Waals surface area contributed by atoms with Crippen molar-refractivity contribution >= 4 is 11.5 Å². The summed E-state index contributed by atoms with van der Waals surface area (Å²) in [4.78, 5) is 0. The lowest BCUT2D eigenvalue weighted by atomic mass is 10.1. The number of benzene rings is 1. The van der Waals surface area contributed by atoms with E-state index in [1.54, 1.807) is 24.3 Å². The highest BCUT2D eigenvalue weighted by Gasteiger charge is 2.12. The lowest BCUT2D eigenvalue weighted by molar-refractivity contribution is 0.622. The lowest BCUT2D eigenvalue weighted by Crippen LogP contribution is -2.04. The smallest absolute Gasteiger partial charge is 0.148 e. The SMILES string of the molecule is NC1=N[N]C(c2ccccc2F)=C1. The van der Waals surface area contributed by atoms with E-state index in [2.05, 4.69) is 10.5 Å². The quantitative estimate of drug-likeness (QED) is 0.683. The van der Waals surface area contributed by atoms with Gasteiger partial charge in [-0.05, 0) is 12.1 Å². The molecule has 65 valence electrons. The molecule has 3 nitrogen and oxygen atoms in total. The maximum absolute atomic E-state index is 13.2. The topological polar surface area (TPSA) is 52.5 Å². The number of hydrogen-bond acceptors (Lipinski definition) is 2. The molecular weight excluding hydrogens is 169 g/mol. The van der Waals surface area contributed by atoms with E-state index in [0.29, 0.717) is 17.1 Å². The van der Waals surface area contributed by atoms with Crippen molar-refractivity contribution in [2.45, 2.75) is 0 Å². The van der Waals surface area contributed by atoms with Gasteiger partial charge in [0.1, 0.15) is 11.7 Å². The van der Waals surface area contributed by atoms with Crippen molar-refractivity contribution in [3.05, 3.63) is 41.7 Å². The summed E-state index contributed by atoms with van der Waals surface area (Å²) in [6, 6.07) is 6.38. The van der Waals surface area contributed by atoms with Gasteiger partial charge in [0.05, 0.1) is 5.70 Å². The molecule has 1 aliphatic heterocycles. The van der Waals surface area contributed by atoms with Crippen LogP contribution in [0.4, 0.5) is 4.39 Å². The van der Waals surface area contributed by atoms with Gasteiger partial charge in [-0.15, -0.1) is 10.5 Å². The molecule has 1 heterocycles. The van der Waals surface area contributed by atoms with Gasteiger partial charge in [-0.3, -0.25) is 0 Å². The van der Waals surface area contributed by atoms with Crippen LogP contribution < -0.4 is 11.2 Å². The molecule has 0 saturated carbocycles. The van der Waals surface area contributed by atoms with Crippen LogP contribution in [-0.2, 0) is 0 Å². The first-order valence-electron chi connectivity index (χ1n) is 3.78. The van der Waals surface area contributed by atoms with Crippen molar-refractivity contribution < 1.29 is 4.39 Å². The van der Waals surface area contributed by atoms with Crippen LogP contribution in [-0.4, -0.2) is 5.84 Å². The Kier molecular flexibility index (Phi) is 1.73. The van der Waals surface area contributed by atoms with Crippen LogP contribution in [0.25, 0.3) is 5.70 Å². The van der Waals surface area contributed by atoms with E-state index in [9.17, 15) is 4.39 Å². The molecule has 0 aliphatic carbocycles. The van der Waals surface area contributed by atoms with E-state index in [4.69, 9.17) is 5.73 Å². The average molecular weight is 176 g/mol. The molecule has 1 aliphatic rings. The van der Waals surface area contributed by atoms with Crippen molar-refractivity contribution in [1.82, 2.24) is 5.43 Å². The normalized spacial score (nSPS) is 14.8. The molecule has 1 aromatic rings. The summed E-state index contributed by atoms with van der Waals surface area (Å²) in [6.45, 7) is 0. The Morgan fingerprint density at radius 3 is 2.62 bits per heavy atom. The third-order valence-electron chi connectivity index (χ3n) is 1.71. The molecule has 0 atom stereocenters. The largest absolute Gasteiger partial charge is 0.382 e. The molecule has 13 heavy (non-hydrogen) atoms. The monoisotopic (exact) mass is 176 g/mol. The van der Waals surface area contributed by atoms with Crippen LogP contribution in [0, 0.1) is 5.82 Å². The molecule has 1 aromatic carbocycles. The summed E-state index contributed by atoms with van der Waals surface area (Å²) in [5.74, 6) is -0.0133. The Bertz CT molecular complexity index is 396. The second-order valence-corrected chi connectivity index (χ2v) is 2.63. The molecule has 0 unspecified atom stereocenters. The maximum Gasteiger partial charge on any atom is 0.148 e. The van der Waals surface area contributed by atoms with Gasteiger partial charge in [0.25, 0.3) is 0 Å². The van der Waals surface area contributed by atoms with E-state index >= 15 is 0 Å². The molecule has 0 fully saturated rings. The number of hydrogen-bond donors (Lipinski definition) is 1. The molecule has 2 rings (SSSR count). The first kappa shape index (κ1) is 7.79. The van der Waals surface area contributed by atoms with Crippen LogP contribution >= 0.6 is 0 Å². The Morgan fingerprint density at radius 2 is 2.00 bits per heavy atom. The van der Waals surface area contributed by atoms with Crippen LogP contribution in [0.1, 0.15) is 5.56 Å². The summed E-state index contributed by atoms with van der Waals surface area (Å²) in [5, 5.41) is 3.60. The standard InChI is InChI=1S/C9H7FN3/c10-7-4-2-1-3-6(7)8-5-9(11)13-12-8/h1-5H,(H2,11,13). The minimum absolute atomic E-state index is 0.304. The first-order valence-corrected chi connectivity index (χ1v) is 3.78. The predicted octanol–water partition coefficient (Wildman–Crippen LogP) is 1.06. The molecule has 0 saturated heterocycles. The van der Waals surface area contributed by atoms with E-state index in [-0.39, 0.29) is 5.82 Å². The Morgan fingerprint density at radius 1 is 1.23 bits per heavy atom. The van der Waals surface area contributed by atoms with Gasteiger partial charge >= 0.3 is 0 Å². The number of rotatable bonds is 1. The Hall–Kier alpha value is -1.84. The molecule has 1 radical (unpaired) electrons. The zero-order valence-electron chi connectivity index (χ0n) is 6.74. The average Bonchev–Trinajstić information content (AvgIpc) is 2.53.